The second-order valence-electron chi connectivity index (χ2n) is 3.10. The Morgan fingerprint density at radius 2 is 2.35 bits per heavy atom. The van der Waals surface area contributed by atoms with Crippen molar-refractivity contribution in [1.29, 1.82) is 0 Å². The lowest BCUT2D eigenvalue weighted by Crippen LogP contribution is -2.25. The van der Waals surface area contributed by atoms with Gasteiger partial charge in [0.05, 0.1) is 5.69 Å². The van der Waals surface area contributed by atoms with Crippen molar-refractivity contribution in [3.05, 3.63) is 22.8 Å². The molecule has 0 radical (unpaired) electrons. The monoisotopic (exact) mass is 312 g/mol. The molecule has 17 heavy (non-hydrogen) atoms. The van der Waals surface area contributed by atoms with E-state index >= 15 is 0 Å². The molecule has 1 aromatic heterocycles. The van der Waals surface area contributed by atoms with Crippen molar-refractivity contribution in [2.24, 2.45) is 0 Å². The van der Waals surface area contributed by atoms with Gasteiger partial charge in [-0.3, -0.25) is 0 Å². The summed E-state index contributed by atoms with van der Waals surface area (Å²) < 4.78 is 26.7. The van der Waals surface area contributed by atoms with Crippen molar-refractivity contribution in [3.8, 4) is 0 Å². The Bertz CT molecular complexity index is 484. The maximum atomic E-state index is 11.9. The van der Waals surface area contributed by atoms with Gasteiger partial charge in [-0.25, -0.2) is 18.1 Å². The fourth-order valence-corrected chi connectivity index (χ4v) is 4.60. The number of nitrogens with one attached hydrogen (secondary N) is 1. The lowest BCUT2D eigenvalue weighted by Gasteiger charge is -2.04. The summed E-state index contributed by atoms with van der Waals surface area (Å²) in [5.74, 6) is 1.52. The van der Waals surface area contributed by atoms with Crippen LogP contribution < -0.4 is 4.72 Å². The van der Waals surface area contributed by atoms with Gasteiger partial charge in [0.25, 0.3) is 10.0 Å². The Morgan fingerprint density at radius 1 is 1.65 bits per heavy atom. The van der Waals surface area contributed by atoms with Crippen LogP contribution in [0.1, 0.15) is 5.69 Å². The first-order chi connectivity index (χ1) is 7.97. The summed E-state index contributed by atoms with van der Waals surface area (Å²) in [7, 11) is -3.47. The third-order valence-corrected chi connectivity index (χ3v) is 6.04. The van der Waals surface area contributed by atoms with E-state index in [9.17, 15) is 8.42 Å². The predicted octanol–water partition coefficient (Wildman–Crippen LogP) is 2.30. The molecule has 0 aliphatic rings. The van der Waals surface area contributed by atoms with E-state index in [4.69, 9.17) is 11.6 Å². The minimum absolute atomic E-state index is 0.191. The number of hydrogen-bond acceptors (Lipinski definition) is 5. The first-order valence-electron chi connectivity index (χ1n) is 4.78. The number of sulfonamides is 1. The Morgan fingerprint density at radius 3 is 2.88 bits per heavy atom. The van der Waals surface area contributed by atoms with Crippen molar-refractivity contribution >= 4 is 44.7 Å². The molecule has 0 aliphatic heterocycles. The summed E-state index contributed by atoms with van der Waals surface area (Å²) in [6.07, 6.45) is 1.78. The van der Waals surface area contributed by atoms with E-state index in [1.807, 2.05) is 0 Å². The molecule has 0 fully saturated rings. The van der Waals surface area contributed by atoms with E-state index < -0.39 is 10.0 Å². The number of thiazole rings is 1. The Balaban J connectivity index is 2.57. The van der Waals surface area contributed by atoms with Gasteiger partial charge in [-0.2, -0.15) is 11.8 Å². The van der Waals surface area contributed by atoms with Crippen LogP contribution in [0.5, 0.6) is 0 Å². The first-order valence-corrected chi connectivity index (χ1v) is 8.62. The van der Waals surface area contributed by atoms with Gasteiger partial charge >= 0.3 is 0 Å². The highest BCUT2D eigenvalue weighted by atomic mass is 35.5. The molecule has 0 spiro atoms. The van der Waals surface area contributed by atoms with Gasteiger partial charge in [0.15, 0.2) is 8.68 Å². The molecule has 0 saturated heterocycles. The van der Waals surface area contributed by atoms with Gasteiger partial charge in [-0.05, 0) is 6.92 Å². The lowest BCUT2D eigenvalue weighted by molar-refractivity contribution is 0.585. The summed E-state index contributed by atoms with van der Waals surface area (Å²) >= 11 is 8.26. The van der Waals surface area contributed by atoms with Crippen LogP contribution in [0.25, 0.3) is 0 Å². The average molecular weight is 313 g/mol. The summed E-state index contributed by atoms with van der Waals surface area (Å²) in [6, 6.07) is 0. The van der Waals surface area contributed by atoms with E-state index in [2.05, 4.69) is 16.3 Å². The Kier molecular flexibility index (Phi) is 5.94. The van der Waals surface area contributed by atoms with Gasteiger partial charge in [-0.1, -0.05) is 29.0 Å². The average Bonchev–Trinajstić information content (AvgIpc) is 2.58. The summed E-state index contributed by atoms with van der Waals surface area (Å²) in [4.78, 5) is 3.88. The standard InChI is InChI=1S/C9H13ClN2O2S3/c1-3-5-15-6-4-11-17(13,14)8-7(2)12-9(10)16-8/h3,11H,1,4-6H2,2H3. The number of aromatic nitrogens is 1. The normalized spacial score (nSPS) is 11.6. The van der Waals surface area contributed by atoms with Gasteiger partial charge in [0.2, 0.25) is 0 Å². The molecular formula is C9H13ClN2O2S3. The van der Waals surface area contributed by atoms with Gasteiger partial charge in [0.1, 0.15) is 0 Å². The smallest absolute Gasteiger partial charge is 0.229 e. The van der Waals surface area contributed by atoms with E-state index in [0.717, 1.165) is 17.1 Å². The van der Waals surface area contributed by atoms with Crippen molar-refractivity contribution < 1.29 is 8.42 Å². The number of hydrogen-bond donors (Lipinski definition) is 1. The number of rotatable bonds is 7. The molecule has 0 aromatic carbocycles. The molecule has 0 unspecified atom stereocenters. The highest BCUT2D eigenvalue weighted by Gasteiger charge is 2.20. The predicted molar refractivity (Wildman–Crippen MR) is 74.6 cm³/mol. The van der Waals surface area contributed by atoms with Crippen molar-refractivity contribution in [1.82, 2.24) is 9.71 Å². The number of halogens is 1. The molecule has 8 heteroatoms. The molecule has 1 aromatic rings. The minimum atomic E-state index is -3.47. The van der Waals surface area contributed by atoms with Crippen molar-refractivity contribution in [3.63, 3.8) is 0 Å². The largest absolute Gasteiger partial charge is 0.252 e. The van der Waals surface area contributed by atoms with Crippen LogP contribution in [-0.4, -0.2) is 31.5 Å². The Hall–Kier alpha value is -0.0800. The number of aryl methyl sites for hydroxylation is 1. The SMILES string of the molecule is C=CCSCCNS(=O)(=O)c1sc(Cl)nc1C. The molecule has 1 rings (SSSR count). The molecule has 0 atom stereocenters. The molecule has 1 N–H and O–H groups in total. The molecule has 0 amide bonds. The van der Waals surface area contributed by atoms with Crippen LogP contribution in [0, 0.1) is 6.92 Å². The fourth-order valence-electron chi connectivity index (χ4n) is 1.08. The zero-order chi connectivity index (χ0) is 12.9. The van der Waals surface area contributed by atoms with Gasteiger partial charge in [-0.15, -0.1) is 6.58 Å². The Labute approximate surface area is 115 Å². The van der Waals surface area contributed by atoms with Crippen molar-refractivity contribution in [2.45, 2.75) is 11.1 Å². The summed E-state index contributed by atoms with van der Waals surface area (Å²) in [6.45, 7) is 5.60. The van der Waals surface area contributed by atoms with Crippen LogP contribution in [0.3, 0.4) is 0 Å². The fraction of sp³-hybridized carbons (Fsp3) is 0.444. The molecule has 0 bridgehead atoms. The maximum absolute atomic E-state index is 11.9. The second-order valence-corrected chi connectivity index (χ2v) is 7.79. The molecule has 4 nitrogen and oxygen atoms in total. The van der Waals surface area contributed by atoms with Gasteiger partial charge in [0, 0.05) is 18.1 Å². The summed E-state index contributed by atoms with van der Waals surface area (Å²) in [5, 5.41) is 0. The van der Waals surface area contributed by atoms with E-state index in [1.54, 1.807) is 24.8 Å². The molecule has 1 heterocycles. The van der Waals surface area contributed by atoms with Crippen LogP contribution >= 0.6 is 34.7 Å². The lowest BCUT2D eigenvalue weighted by atomic mass is 10.6. The first kappa shape index (κ1) is 15.0. The van der Waals surface area contributed by atoms with Crippen LogP contribution in [0.2, 0.25) is 4.47 Å². The van der Waals surface area contributed by atoms with Crippen LogP contribution in [0.4, 0.5) is 0 Å². The minimum Gasteiger partial charge on any atom is -0.229 e. The third-order valence-electron chi connectivity index (χ3n) is 1.75. The van der Waals surface area contributed by atoms with Gasteiger partial charge < -0.3 is 0 Å². The second kappa shape index (κ2) is 6.75. The van der Waals surface area contributed by atoms with Crippen molar-refractivity contribution in [2.75, 3.05) is 18.1 Å². The topological polar surface area (TPSA) is 59.1 Å². The zero-order valence-corrected chi connectivity index (χ0v) is 12.5. The highest BCUT2D eigenvalue weighted by Crippen LogP contribution is 2.26. The van der Waals surface area contributed by atoms with E-state index in [-0.39, 0.29) is 8.68 Å². The maximum Gasteiger partial charge on any atom is 0.252 e. The van der Waals surface area contributed by atoms with Crippen LogP contribution in [0.15, 0.2) is 16.9 Å². The number of thioether (sulfide) groups is 1. The summed E-state index contributed by atoms with van der Waals surface area (Å²) in [5.41, 5.74) is 0.436. The molecule has 0 saturated carbocycles. The zero-order valence-electron chi connectivity index (χ0n) is 9.27. The molecular weight excluding hydrogens is 300 g/mol. The molecule has 96 valence electrons. The third kappa shape index (κ3) is 4.59. The van der Waals surface area contributed by atoms with E-state index in [0.29, 0.717) is 18.0 Å². The van der Waals surface area contributed by atoms with E-state index in [1.165, 1.54) is 0 Å². The van der Waals surface area contributed by atoms with Crippen LogP contribution in [-0.2, 0) is 10.0 Å². The quantitative estimate of drug-likeness (QED) is 0.620. The highest BCUT2D eigenvalue weighted by molar-refractivity contribution is 7.99. The molecule has 0 aliphatic carbocycles. The number of nitrogens with zero attached hydrogens (tertiary/aromatic N) is 1.